The van der Waals surface area contributed by atoms with Crippen LogP contribution in [0.15, 0.2) is 21.1 Å². The number of hydrogen-bond acceptors (Lipinski definition) is 3. The Hall–Kier alpha value is -0.870. The van der Waals surface area contributed by atoms with Crippen molar-refractivity contribution in [1.82, 2.24) is 5.16 Å². The van der Waals surface area contributed by atoms with Gasteiger partial charge in [-0.2, -0.15) is 0 Å². The summed E-state index contributed by atoms with van der Waals surface area (Å²) < 4.78 is 6.10. The Morgan fingerprint density at radius 3 is 3.00 bits per heavy atom. The smallest absolute Gasteiger partial charge is 0.168 e. The first-order valence-corrected chi connectivity index (χ1v) is 4.76. The molecule has 0 unspecified atom stereocenters. The van der Waals surface area contributed by atoms with Gasteiger partial charge in [-0.1, -0.05) is 11.2 Å². The Bertz CT molecular complexity index is 450. The fourth-order valence-electron chi connectivity index (χ4n) is 1.34. The van der Waals surface area contributed by atoms with Gasteiger partial charge in [0, 0.05) is 11.0 Å². The fraction of sp³-hybridized carbons (Fsp3) is 0.222. The molecule has 0 saturated heterocycles. The van der Waals surface area contributed by atoms with Gasteiger partial charge in [0.1, 0.15) is 0 Å². The molecule has 1 heterocycles. The van der Waals surface area contributed by atoms with Crippen molar-refractivity contribution in [2.45, 2.75) is 13.5 Å². The molecule has 2 N–H and O–H groups in total. The van der Waals surface area contributed by atoms with Crippen LogP contribution in [0.4, 0.5) is 0 Å². The minimum absolute atomic E-state index is 0.515. The molecule has 2 aromatic rings. The molecule has 68 valence electrons. The molecule has 1 aromatic carbocycles. The van der Waals surface area contributed by atoms with E-state index in [1.54, 1.807) is 0 Å². The lowest BCUT2D eigenvalue weighted by molar-refractivity contribution is 0.450. The molecule has 13 heavy (non-hydrogen) atoms. The van der Waals surface area contributed by atoms with Crippen LogP contribution >= 0.6 is 15.9 Å². The normalized spacial score (nSPS) is 11.0. The van der Waals surface area contributed by atoms with Crippen LogP contribution in [0.5, 0.6) is 0 Å². The molecular formula is C9H9BrN2O. The zero-order valence-electron chi connectivity index (χ0n) is 7.17. The molecule has 0 aliphatic carbocycles. The van der Waals surface area contributed by atoms with Crippen LogP contribution in [0.25, 0.3) is 11.0 Å². The highest BCUT2D eigenvalue weighted by Crippen LogP contribution is 2.29. The number of benzene rings is 1. The largest absolute Gasteiger partial charge is 0.356 e. The molecule has 4 heteroatoms. The third-order valence-electron chi connectivity index (χ3n) is 2.05. The van der Waals surface area contributed by atoms with Crippen molar-refractivity contribution in [2.24, 2.45) is 5.73 Å². The molecule has 0 amide bonds. The van der Waals surface area contributed by atoms with E-state index < -0.39 is 0 Å². The number of nitrogens with two attached hydrogens (primary N) is 1. The van der Waals surface area contributed by atoms with Crippen molar-refractivity contribution in [1.29, 1.82) is 0 Å². The van der Waals surface area contributed by atoms with E-state index in [4.69, 9.17) is 10.3 Å². The monoisotopic (exact) mass is 240 g/mol. The van der Waals surface area contributed by atoms with Crippen molar-refractivity contribution >= 4 is 26.9 Å². The molecule has 0 atom stereocenters. The first-order valence-electron chi connectivity index (χ1n) is 3.97. The Morgan fingerprint density at radius 2 is 2.31 bits per heavy atom. The second-order valence-electron chi connectivity index (χ2n) is 2.88. The van der Waals surface area contributed by atoms with Crippen LogP contribution in [0.3, 0.4) is 0 Å². The number of fused-ring (bicyclic) bond motifs is 1. The Labute approximate surface area is 84.0 Å². The molecule has 0 saturated carbocycles. The second-order valence-corrected chi connectivity index (χ2v) is 3.68. The molecule has 1 aromatic heterocycles. The quantitative estimate of drug-likeness (QED) is 0.833. The standard InChI is InChI=1S/C9H9BrN2O/c1-5-8-7(13-12-5)3-2-6(4-11)9(8)10/h2-3H,4,11H2,1H3. The first-order chi connectivity index (χ1) is 6.24. The van der Waals surface area contributed by atoms with Crippen molar-refractivity contribution < 1.29 is 4.52 Å². The van der Waals surface area contributed by atoms with E-state index in [0.29, 0.717) is 6.54 Å². The Morgan fingerprint density at radius 1 is 1.54 bits per heavy atom. The van der Waals surface area contributed by atoms with Crippen LogP contribution in [-0.4, -0.2) is 5.16 Å². The number of aryl methyl sites for hydroxylation is 1. The fourth-order valence-corrected chi connectivity index (χ4v) is 2.11. The van der Waals surface area contributed by atoms with Gasteiger partial charge in [-0.25, -0.2) is 0 Å². The zero-order valence-corrected chi connectivity index (χ0v) is 8.76. The average molecular weight is 241 g/mol. The predicted molar refractivity (Wildman–Crippen MR) is 54.3 cm³/mol. The molecule has 0 spiro atoms. The van der Waals surface area contributed by atoms with Gasteiger partial charge in [-0.05, 0) is 34.5 Å². The molecule has 3 nitrogen and oxygen atoms in total. The summed E-state index contributed by atoms with van der Waals surface area (Å²) in [5.41, 5.74) is 8.33. The minimum atomic E-state index is 0.515. The van der Waals surface area contributed by atoms with Gasteiger partial charge in [-0.15, -0.1) is 0 Å². The summed E-state index contributed by atoms with van der Waals surface area (Å²) in [4.78, 5) is 0. The summed E-state index contributed by atoms with van der Waals surface area (Å²) >= 11 is 3.49. The van der Waals surface area contributed by atoms with Crippen molar-refractivity contribution in [3.8, 4) is 0 Å². The summed E-state index contributed by atoms with van der Waals surface area (Å²) in [5.74, 6) is 0. The molecule has 0 fully saturated rings. The van der Waals surface area contributed by atoms with E-state index >= 15 is 0 Å². The highest BCUT2D eigenvalue weighted by Gasteiger charge is 2.10. The topological polar surface area (TPSA) is 52.0 Å². The maximum atomic E-state index is 5.58. The number of hydrogen-bond donors (Lipinski definition) is 1. The summed E-state index contributed by atoms with van der Waals surface area (Å²) in [6.07, 6.45) is 0. The van der Waals surface area contributed by atoms with E-state index in [1.165, 1.54) is 0 Å². The van der Waals surface area contributed by atoms with Crippen molar-refractivity contribution in [3.05, 3.63) is 27.9 Å². The molecule has 0 radical (unpaired) electrons. The van der Waals surface area contributed by atoms with Crippen LogP contribution in [0.2, 0.25) is 0 Å². The van der Waals surface area contributed by atoms with Crippen molar-refractivity contribution in [3.63, 3.8) is 0 Å². The van der Waals surface area contributed by atoms with Crippen LogP contribution < -0.4 is 5.73 Å². The lowest BCUT2D eigenvalue weighted by atomic mass is 10.1. The minimum Gasteiger partial charge on any atom is -0.356 e. The summed E-state index contributed by atoms with van der Waals surface area (Å²) in [6.45, 7) is 2.43. The summed E-state index contributed by atoms with van der Waals surface area (Å²) in [6, 6.07) is 3.83. The van der Waals surface area contributed by atoms with E-state index in [1.807, 2.05) is 19.1 Å². The van der Waals surface area contributed by atoms with Gasteiger partial charge < -0.3 is 10.3 Å². The van der Waals surface area contributed by atoms with Gasteiger partial charge in [0.15, 0.2) is 5.58 Å². The highest BCUT2D eigenvalue weighted by molar-refractivity contribution is 9.10. The SMILES string of the molecule is Cc1noc2ccc(CN)c(Br)c12. The maximum Gasteiger partial charge on any atom is 0.168 e. The molecule has 0 aliphatic heterocycles. The van der Waals surface area contributed by atoms with Crippen LogP contribution in [0, 0.1) is 6.92 Å². The maximum absolute atomic E-state index is 5.58. The van der Waals surface area contributed by atoms with E-state index in [2.05, 4.69) is 21.1 Å². The van der Waals surface area contributed by atoms with Crippen LogP contribution in [0.1, 0.15) is 11.3 Å². The third kappa shape index (κ3) is 1.26. The predicted octanol–water partition coefficient (Wildman–Crippen LogP) is 2.36. The third-order valence-corrected chi connectivity index (χ3v) is 2.95. The summed E-state index contributed by atoms with van der Waals surface area (Å²) in [7, 11) is 0. The van der Waals surface area contributed by atoms with E-state index in [0.717, 1.165) is 26.7 Å². The number of nitrogens with zero attached hydrogens (tertiary/aromatic N) is 1. The zero-order chi connectivity index (χ0) is 9.42. The highest BCUT2D eigenvalue weighted by atomic mass is 79.9. The molecular weight excluding hydrogens is 232 g/mol. The lowest BCUT2D eigenvalue weighted by Gasteiger charge is -2.00. The van der Waals surface area contributed by atoms with E-state index in [-0.39, 0.29) is 0 Å². The lowest BCUT2D eigenvalue weighted by Crippen LogP contribution is -1.97. The van der Waals surface area contributed by atoms with Gasteiger partial charge >= 0.3 is 0 Å². The first kappa shape index (κ1) is 8.72. The Balaban J connectivity index is 2.83. The number of halogens is 1. The van der Waals surface area contributed by atoms with Gasteiger partial charge in [-0.3, -0.25) is 0 Å². The van der Waals surface area contributed by atoms with E-state index in [9.17, 15) is 0 Å². The molecule has 0 bridgehead atoms. The van der Waals surface area contributed by atoms with Gasteiger partial charge in [0.2, 0.25) is 0 Å². The van der Waals surface area contributed by atoms with Crippen molar-refractivity contribution in [2.75, 3.05) is 0 Å². The van der Waals surface area contributed by atoms with Crippen LogP contribution in [-0.2, 0) is 6.54 Å². The van der Waals surface area contributed by atoms with Gasteiger partial charge in [0.05, 0.1) is 11.1 Å². The number of rotatable bonds is 1. The number of aromatic nitrogens is 1. The molecule has 0 aliphatic rings. The molecule has 2 rings (SSSR count). The Kier molecular flexibility index (Phi) is 2.09. The summed E-state index contributed by atoms with van der Waals surface area (Å²) in [5, 5.41) is 4.90. The van der Waals surface area contributed by atoms with Gasteiger partial charge in [0.25, 0.3) is 0 Å². The second kappa shape index (κ2) is 3.12. The average Bonchev–Trinajstić information content (AvgIpc) is 2.49.